The molecule has 0 radical (unpaired) electrons. The van der Waals surface area contributed by atoms with Gasteiger partial charge in [-0.3, -0.25) is 0 Å². The zero-order valence-corrected chi connectivity index (χ0v) is 11.8. The molecule has 0 unspecified atom stereocenters. The molecule has 20 heavy (non-hydrogen) atoms. The molecule has 0 spiro atoms. The van der Waals surface area contributed by atoms with Crippen LogP contribution in [0.5, 0.6) is 11.8 Å². The standard InChI is InChI=1S/C10H12N2O6S2/c13-19(14,17-9-3-1-5-11-9)7-8-20(15,16)18-10-4-2-6-12-10/h1-6,11-12H,7-8H2. The Labute approximate surface area is 116 Å². The Kier molecular flexibility index (Phi) is 4.04. The van der Waals surface area contributed by atoms with Crippen LogP contribution in [0.25, 0.3) is 0 Å². The average Bonchev–Trinajstić information content (AvgIpc) is 2.99. The molecule has 0 saturated carbocycles. The van der Waals surface area contributed by atoms with Crippen LogP contribution in [0.4, 0.5) is 0 Å². The van der Waals surface area contributed by atoms with Gasteiger partial charge in [-0.1, -0.05) is 0 Å². The third-order valence-corrected chi connectivity index (χ3v) is 4.69. The van der Waals surface area contributed by atoms with Crippen molar-refractivity contribution in [3.8, 4) is 11.8 Å². The van der Waals surface area contributed by atoms with Crippen LogP contribution in [0.3, 0.4) is 0 Å². The van der Waals surface area contributed by atoms with Crippen LogP contribution in [0.2, 0.25) is 0 Å². The van der Waals surface area contributed by atoms with E-state index >= 15 is 0 Å². The van der Waals surface area contributed by atoms with E-state index in [0.29, 0.717) is 0 Å². The van der Waals surface area contributed by atoms with Crippen molar-refractivity contribution in [1.29, 1.82) is 0 Å². The maximum Gasteiger partial charge on any atom is 0.311 e. The van der Waals surface area contributed by atoms with E-state index in [1.807, 2.05) is 0 Å². The Morgan fingerprint density at radius 1 is 0.800 bits per heavy atom. The van der Waals surface area contributed by atoms with Gasteiger partial charge in [-0.15, -0.1) is 0 Å². The SMILES string of the molecule is O=S(=O)(CCS(=O)(=O)Oc1ccc[nH]1)Oc1ccc[nH]1. The minimum absolute atomic E-state index is 0.0210. The number of rotatable bonds is 7. The number of H-pyrrole nitrogens is 2. The summed E-state index contributed by atoms with van der Waals surface area (Å²) >= 11 is 0. The monoisotopic (exact) mass is 320 g/mol. The Morgan fingerprint density at radius 3 is 1.50 bits per heavy atom. The highest BCUT2D eigenvalue weighted by Crippen LogP contribution is 2.11. The normalized spacial score (nSPS) is 12.2. The molecule has 8 nitrogen and oxygen atoms in total. The first-order valence-corrected chi connectivity index (χ1v) is 8.63. The molecule has 0 saturated heterocycles. The fourth-order valence-electron chi connectivity index (χ4n) is 1.29. The molecular formula is C10H12N2O6S2. The number of nitrogens with one attached hydrogen (secondary N) is 2. The minimum Gasteiger partial charge on any atom is -0.364 e. The fraction of sp³-hybridized carbons (Fsp3) is 0.200. The van der Waals surface area contributed by atoms with Gasteiger partial charge in [0, 0.05) is 24.5 Å². The van der Waals surface area contributed by atoms with Gasteiger partial charge >= 0.3 is 20.2 Å². The number of aromatic nitrogens is 2. The molecule has 0 amide bonds. The lowest BCUT2D eigenvalue weighted by atomic mass is 10.7. The Morgan fingerprint density at radius 2 is 1.20 bits per heavy atom. The first-order valence-electron chi connectivity index (χ1n) is 5.47. The Hall–Kier alpha value is -1.94. The Bertz CT molecular complexity index is 666. The molecule has 2 heterocycles. The van der Waals surface area contributed by atoms with Crippen molar-refractivity contribution in [2.24, 2.45) is 0 Å². The molecule has 2 rings (SSSR count). The lowest BCUT2D eigenvalue weighted by Gasteiger charge is -2.06. The summed E-state index contributed by atoms with van der Waals surface area (Å²) < 4.78 is 55.6. The van der Waals surface area contributed by atoms with E-state index in [1.54, 1.807) is 12.1 Å². The average molecular weight is 320 g/mol. The molecule has 0 aromatic carbocycles. The summed E-state index contributed by atoms with van der Waals surface area (Å²) in [6, 6.07) is 5.91. The molecule has 0 aliphatic carbocycles. The van der Waals surface area contributed by atoms with Gasteiger partial charge < -0.3 is 18.3 Å². The maximum absolute atomic E-state index is 11.6. The van der Waals surface area contributed by atoms with Crippen molar-refractivity contribution in [1.82, 2.24) is 9.97 Å². The molecule has 10 heteroatoms. The van der Waals surface area contributed by atoms with Crippen molar-refractivity contribution in [2.45, 2.75) is 0 Å². The second-order valence-corrected chi connectivity index (χ2v) is 7.14. The van der Waals surface area contributed by atoms with E-state index < -0.39 is 31.7 Å². The van der Waals surface area contributed by atoms with Crippen LogP contribution >= 0.6 is 0 Å². The fourth-order valence-corrected chi connectivity index (χ4v) is 3.85. The first-order chi connectivity index (χ1) is 9.36. The van der Waals surface area contributed by atoms with Gasteiger partial charge in [0.05, 0.1) is 0 Å². The van der Waals surface area contributed by atoms with Crippen LogP contribution in [-0.4, -0.2) is 38.3 Å². The molecule has 2 aromatic heterocycles. The summed E-state index contributed by atoms with van der Waals surface area (Å²) in [5.74, 6) is -1.38. The van der Waals surface area contributed by atoms with Gasteiger partial charge in [0.2, 0.25) is 11.8 Å². The van der Waals surface area contributed by atoms with Crippen molar-refractivity contribution in [2.75, 3.05) is 11.5 Å². The molecule has 0 atom stereocenters. The minimum atomic E-state index is -4.02. The molecule has 0 aliphatic rings. The highest BCUT2D eigenvalue weighted by molar-refractivity contribution is 7.90. The molecule has 0 aliphatic heterocycles. The van der Waals surface area contributed by atoms with Gasteiger partial charge in [-0.05, 0) is 12.1 Å². The summed E-state index contributed by atoms with van der Waals surface area (Å²) in [6.07, 6.45) is 2.96. The van der Waals surface area contributed by atoms with Crippen molar-refractivity contribution in [3.05, 3.63) is 36.7 Å². The summed E-state index contributed by atoms with van der Waals surface area (Å²) in [5, 5.41) is 0. The number of aromatic amines is 2. The highest BCUT2D eigenvalue weighted by atomic mass is 32.2. The van der Waals surface area contributed by atoms with E-state index in [2.05, 4.69) is 18.3 Å². The van der Waals surface area contributed by atoms with E-state index in [-0.39, 0.29) is 11.8 Å². The molecule has 2 aromatic rings. The molecule has 0 bridgehead atoms. The van der Waals surface area contributed by atoms with E-state index in [0.717, 1.165) is 0 Å². The summed E-state index contributed by atoms with van der Waals surface area (Å²) in [7, 11) is -8.03. The third kappa shape index (κ3) is 4.31. The van der Waals surface area contributed by atoms with E-state index in [9.17, 15) is 16.8 Å². The van der Waals surface area contributed by atoms with Crippen LogP contribution in [0.15, 0.2) is 36.7 Å². The van der Waals surface area contributed by atoms with Gasteiger partial charge in [-0.2, -0.15) is 16.8 Å². The van der Waals surface area contributed by atoms with Crippen LogP contribution in [0.1, 0.15) is 0 Å². The molecular weight excluding hydrogens is 308 g/mol. The predicted molar refractivity (Wildman–Crippen MR) is 70.4 cm³/mol. The van der Waals surface area contributed by atoms with Crippen LogP contribution in [0, 0.1) is 0 Å². The smallest absolute Gasteiger partial charge is 0.311 e. The summed E-state index contributed by atoms with van der Waals surface area (Å²) in [6.45, 7) is 0. The second kappa shape index (κ2) is 5.59. The third-order valence-electron chi connectivity index (χ3n) is 2.16. The second-order valence-electron chi connectivity index (χ2n) is 3.76. The molecule has 110 valence electrons. The topological polar surface area (TPSA) is 118 Å². The van der Waals surface area contributed by atoms with Crippen LogP contribution in [-0.2, 0) is 20.2 Å². The first kappa shape index (κ1) is 14.5. The van der Waals surface area contributed by atoms with E-state index in [1.165, 1.54) is 24.5 Å². The van der Waals surface area contributed by atoms with E-state index in [4.69, 9.17) is 0 Å². The highest BCUT2D eigenvalue weighted by Gasteiger charge is 2.21. The van der Waals surface area contributed by atoms with Crippen molar-refractivity contribution < 1.29 is 25.2 Å². The summed E-state index contributed by atoms with van der Waals surface area (Å²) in [4.78, 5) is 5.08. The van der Waals surface area contributed by atoms with Gasteiger partial charge in [0.25, 0.3) is 0 Å². The molecule has 0 fully saturated rings. The van der Waals surface area contributed by atoms with Crippen molar-refractivity contribution >= 4 is 20.2 Å². The van der Waals surface area contributed by atoms with Gasteiger partial charge in [0.15, 0.2) is 0 Å². The van der Waals surface area contributed by atoms with Gasteiger partial charge in [0.1, 0.15) is 11.5 Å². The summed E-state index contributed by atoms with van der Waals surface area (Å²) in [5.41, 5.74) is 0. The van der Waals surface area contributed by atoms with Crippen LogP contribution < -0.4 is 8.37 Å². The lowest BCUT2D eigenvalue weighted by molar-refractivity contribution is 0.467. The zero-order chi connectivity index (χ0) is 14.6. The quantitative estimate of drug-likeness (QED) is 0.715. The number of hydrogen-bond acceptors (Lipinski definition) is 6. The number of hydrogen-bond donors (Lipinski definition) is 2. The van der Waals surface area contributed by atoms with Crippen molar-refractivity contribution in [3.63, 3.8) is 0 Å². The molecule has 2 N–H and O–H groups in total. The lowest BCUT2D eigenvalue weighted by Crippen LogP contribution is -2.24. The predicted octanol–water partition coefficient (Wildman–Crippen LogP) is 0.460. The largest absolute Gasteiger partial charge is 0.364 e. The zero-order valence-electron chi connectivity index (χ0n) is 10.1. The maximum atomic E-state index is 11.6. The van der Waals surface area contributed by atoms with Gasteiger partial charge in [-0.25, -0.2) is 0 Å². The Balaban J connectivity index is 1.93.